The predicted molar refractivity (Wildman–Crippen MR) is 164 cm³/mol. The van der Waals surface area contributed by atoms with Crippen molar-refractivity contribution in [2.75, 3.05) is 25.3 Å². The van der Waals surface area contributed by atoms with Gasteiger partial charge < -0.3 is 20.5 Å². The van der Waals surface area contributed by atoms with Crippen LogP contribution in [0.15, 0.2) is 68.6 Å². The minimum absolute atomic E-state index is 0.00393. The fraction of sp³-hybridized carbons (Fsp3) is 0.0800. The smallest absolute Gasteiger partial charge is 0.296 e. The number of nitro benzene ring substituents is 1. The number of nitrogens with zero attached hydrogens (tertiary/aromatic N) is 6. The molecule has 0 bridgehead atoms. The van der Waals surface area contributed by atoms with Crippen molar-refractivity contribution in [3.05, 3.63) is 63.9 Å². The highest BCUT2D eigenvalue weighted by Gasteiger charge is 2.25. The first kappa shape index (κ1) is 32.1. The molecule has 0 aliphatic rings. The van der Waals surface area contributed by atoms with E-state index in [2.05, 4.69) is 30.5 Å². The molecule has 0 saturated carbocycles. The lowest BCUT2D eigenvalue weighted by atomic mass is 10.1. The Labute approximate surface area is 263 Å². The first-order valence-electron chi connectivity index (χ1n) is 12.4. The van der Waals surface area contributed by atoms with Crippen LogP contribution in [-0.2, 0) is 20.2 Å². The van der Waals surface area contributed by atoms with Crippen LogP contribution in [0, 0.1) is 10.1 Å². The topological polar surface area (TPSA) is 272 Å². The van der Waals surface area contributed by atoms with E-state index in [1.54, 1.807) is 6.07 Å². The minimum atomic E-state index is -4.98. The largest absolute Gasteiger partial charge is 0.494 e. The molecule has 0 radical (unpaired) electrons. The summed E-state index contributed by atoms with van der Waals surface area (Å²) in [5, 5.41) is 22.4. The molecule has 1 aromatic heterocycles. The summed E-state index contributed by atoms with van der Waals surface area (Å²) in [5.41, 5.74) is 4.81. The Morgan fingerprint density at radius 2 is 1.54 bits per heavy atom. The maximum atomic E-state index is 12.6. The number of ether oxygens (including phenoxy) is 2. The third kappa shape index (κ3) is 6.27. The van der Waals surface area contributed by atoms with Crippen LogP contribution in [-0.4, -0.2) is 60.0 Å². The van der Waals surface area contributed by atoms with Gasteiger partial charge >= 0.3 is 0 Å². The number of fused-ring (bicyclic) bond motifs is 2. The lowest BCUT2D eigenvalue weighted by Crippen LogP contribution is -2.03. The van der Waals surface area contributed by atoms with E-state index in [-0.39, 0.29) is 50.5 Å². The van der Waals surface area contributed by atoms with E-state index in [0.717, 1.165) is 37.4 Å². The number of non-ortho nitro benzene ring substituents is 1. The average molecular weight is 691 g/mol. The molecule has 5 N–H and O–H groups in total. The van der Waals surface area contributed by atoms with Gasteiger partial charge in [0.05, 0.1) is 19.1 Å². The van der Waals surface area contributed by atoms with Crippen molar-refractivity contribution in [2.45, 2.75) is 9.79 Å². The predicted octanol–water partition coefficient (Wildman–Crippen LogP) is 4.99. The maximum absolute atomic E-state index is 12.6. The van der Waals surface area contributed by atoms with Crippen molar-refractivity contribution in [1.29, 1.82) is 0 Å². The quantitative estimate of drug-likeness (QED) is 0.0686. The van der Waals surface area contributed by atoms with Gasteiger partial charge in [0.1, 0.15) is 26.9 Å². The molecule has 0 spiro atoms. The average Bonchev–Trinajstić information content (AvgIpc) is 2.96. The Kier molecular flexibility index (Phi) is 8.31. The van der Waals surface area contributed by atoms with Crippen LogP contribution in [0.4, 0.5) is 34.6 Å². The van der Waals surface area contributed by atoms with E-state index in [9.17, 15) is 36.1 Å². The molecule has 0 aliphatic carbocycles. The number of nitrogens with two attached hydrogens (primary N) is 1. The van der Waals surface area contributed by atoms with E-state index >= 15 is 0 Å². The zero-order valence-corrected chi connectivity index (χ0v) is 25.6. The number of nitro groups is 1. The number of azo groups is 1. The highest BCUT2D eigenvalue weighted by Crippen LogP contribution is 2.46. The van der Waals surface area contributed by atoms with Crippen LogP contribution in [0.25, 0.3) is 21.5 Å². The summed E-state index contributed by atoms with van der Waals surface area (Å²) in [6.07, 6.45) is 0. The van der Waals surface area contributed by atoms with Crippen molar-refractivity contribution < 1.29 is 40.3 Å². The van der Waals surface area contributed by atoms with Crippen molar-refractivity contribution in [2.24, 2.45) is 10.2 Å². The molecule has 0 atom stereocenters. The highest BCUT2D eigenvalue weighted by molar-refractivity contribution is 7.86. The molecule has 0 aliphatic heterocycles. The summed E-state index contributed by atoms with van der Waals surface area (Å²) in [6, 6.07) is 9.67. The molecule has 238 valence electrons. The number of rotatable bonds is 9. The molecular weight excluding hydrogens is 672 g/mol. The Morgan fingerprint density at radius 3 is 2.15 bits per heavy atom. The molecule has 1 heterocycles. The number of methoxy groups -OCH3 is 2. The third-order valence-electron chi connectivity index (χ3n) is 6.37. The minimum Gasteiger partial charge on any atom is -0.494 e. The van der Waals surface area contributed by atoms with Crippen molar-refractivity contribution >= 4 is 88.0 Å². The molecule has 0 amide bonds. The van der Waals surface area contributed by atoms with Crippen molar-refractivity contribution in [1.82, 2.24) is 15.0 Å². The number of anilines is 3. The van der Waals surface area contributed by atoms with Gasteiger partial charge in [0.2, 0.25) is 17.2 Å². The van der Waals surface area contributed by atoms with Crippen LogP contribution in [0.3, 0.4) is 0 Å². The summed E-state index contributed by atoms with van der Waals surface area (Å²) in [7, 11) is -7.52. The van der Waals surface area contributed by atoms with Gasteiger partial charge in [0.25, 0.3) is 25.9 Å². The van der Waals surface area contributed by atoms with Crippen molar-refractivity contribution in [3.8, 4) is 11.5 Å². The van der Waals surface area contributed by atoms with Crippen LogP contribution < -0.4 is 20.5 Å². The number of benzene rings is 4. The summed E-state index contributed by atoms with van der Waals surface area (Å²) in [4.78, 5) is 20.7. The Morgan fingerprint density at radius 1 is 0.870 bits per heavy atom. The zero-order valence-electron chi connectivity index (χ0n) is 23.2. The molecule has 0 saturated heterocycles. The van der Waals surface area contributed by atoms with Crippen LogP contribution in [0.1, 0.15) is 0 Å². The number of hydrogen-bond donors (Lipinski definition) is 4. The second-order valence-electron chi connectivity index (χ2n) is 9.17. The van der Waals surface area contributed by atoms with Gasteiger partial charge in [-0.15, -0.1) is 10.2 Å². The Bertz CT molecular complexity index is 2320. The Hall–Kier alpha value is -5.28. The fourth-order valence-corrected chi connectivity index (χ4v) is 6.01. The SMILES string of the molecule is COc1cc(S(=O)(=O)O)c2cc([N+](=O)[O-])ccc2c1N=Nc1c(S(=O)(=O)O)cc2cc(Nc3nc(N)nc(Cl)n3)ccc2c1OC. The first-order chi connectivity index (χ1) is 21.6. The standard InChI is InChI=1S/C25H19ClN8O10S2/c1-43-17-10-18(45(37,38)39)16-9-13(34(35)36)4-6-15(16)20(17)32-33-21-19(46(40,41)42)8-11-7-12(3-5-14(11)22(21)44-2)28-25-30-23(26)29-24(27)31-25/h3-10H,1-2H3,(H,37,38,39)(H,40,41,42)(H3,27,28,29,30,31). The molecule has 0 fully saturated rings. The maximum Gasteiger partial charge on any atom is 0.296 e. The van der Waals surface area contributed by atoms with Gasteiger partial charge in [-0.2, -0.15) is 31.8 Å². The molecule has 18 nitrogen and oxygen atoms in total. The number of halogens is 1. The summed E-state index contributed by atoms with van der Waals surface area (Å²) < 4.78 is 80.1. The number of nitrogen functional groups attached to an aromatic ring is 1. The van der Waals surface area contributed by atoms with E-state index in [0.29, 0.717) is 11.1 Å². The summed E-state index contributed by atoms with van der Waals surface area (Å²) >= 11 is 5.83. The molecule has 5 aromatic rings. The molecule has 21 heteroatoms. The lowest BCUT2D eigenvalue weighted by Gasteiger charge is -2.14. The number of hydrogen-bond acceptors (Lipinski definition) is 15. The molecule has 0 unspecified atom stereocenters. The van der Waals surface area contributed by atoms with Gasteiger partial charge in [-0.1, -0.05) is 0 Å². The van der Waals surface area contributed by atoms with E-state index in [1.165, 1.54) is 19.2 Å². The van der Waals surface area contributed by atoms with Gasteiger partial charge in [0.15, 0.2) is 5.75 Å². The van der Waals surface area contributed by atoms with E-state index in [4.69, 9.17) is 26.8 Å². The zero-order chi connectivity index (χ0) is 33.6. The molecular formula is C25H19ClN8O10S2. The third-order valence-corrected chi connectivity index (χ3v) is 8.30. The molecule has 46 heavy (non-hydrogen) atoms. The normalized spacial score (nSPS) is 12.1. The van der Waals surface area contributed by atoms with Gasteiger partial charge in [-0.25, -0.2) is 0 Å². The van der Waals surface area contributed by atoms with E-state index < -0.39 is 46.3 Å². The summed E-state index contributed by atoms with van der Waals surface area (Å²) in [6.45, 7) is 0. The molecule has 5 rings (SSSR count). The second-order valence-corrected chi connectivity index (χ2v) is 12.3. The number of nitrogens with one attached hydrogen (secondary N) is 1. The summed E-state index contributed by atoms with van der Waals surface area (Å²) in [5.74, 6) is -0.540. The second kappa shape index (κ2) is 11.9. The molecule has 4 aromatic carbocycles. The van der Waals surface area contributed by atoms with Crippen LogP contribution in [0.2, 0.25) is 5.28 Å². The first-order valence-corrected chi connectivity index (χ1v) is 15.6. The highest BCUT2D eigenvalue weighted by atomic mass is 35.5. The lowest BCUT2D eigenvalue weighted by molar-refractivity contribution is -0.384. The van der Waals surface area contributed by atoms with Crippen LogP contribution in [0.5, 0.6) is 11.5 Å². The van der Waals surface area contributed by atoms with E-state index in [1.807, 2.05) is 0 Å². The van der Waals surface area contributed by atoms with Crippen LogP contribution >= 0.6 is 11.6 Å². The monoisotopic (exact) mass is 690 g/mol. The van der Waals surface area contributed by atoms with Gasteiger partial charge in [-0.05, 0) is 47.3 Å². The van der Waals surface area contributed by atoms with Gasteiger partial charge in [-0.3, -0.25) is 19.2 Å². The van der Waals surface area contributed by atoms with Gasteiger partial charge in [0, 0.05) is 40.0 Å². The van der Waals surface area contributed by atoms with Crippen molar-refractivity contribution in [3.63, 3.8) is 0 Å². The fourth-order valence-electron chi connectivity index (χ4n) is 4.49. The number of aromatic nitrogens is 3. The Balaban J connectivity index is 1.72.